The van der Waals surface area contributed by atoms with Crippen LogP contribution in [0.1, 0.15) is 22.9 Å². The third-order valence-electron chi connectivity index (χ3n) is 3.00. The van der Waals surface area contributed by atoms with Crippen LogP contribution in [0.3, 0.4) is 0 Å². The molecule has 4 heteroatoms. The Kier molecular flexibility index (Phi) is 3.76. The van der Waals surface area contributed by atoms with Crippen molar-refractivity contribution in [3.63, 3.8) is 0 Å². The summed E-state index contributed by atoms with van der Waals surface area (Å²) in [4.78, 5) is 11.8. The number of carbonyl (C=O) groups is 1. The molecule has 2 nitrogen and oxygen atoms in total. The van der Waals surface area contributed by atoms with Crippen molar-refractivity contribution < 1.29 is 9.53 Å². The van der Waals surface area contributed by atoms with Crippen LogP contribution < -0.4 is 0 Å². The molecule has 1 saturated heterocycles. The summed E-state index contributed by atoms with van der Waals surface area (Å²) < 4.78 is 5.18. The van der Waals surface area contributed by atoms with Crippen LogP contribution in [0.5, 0.6) is 0 Å². The Labute approximate surface area is 118 Å². The number of benzene rings is 1. The van der Waals surface area contributed by atoms with Crippen molar-refractivity contribution in [1.82, 2.24) is 0 Å². The zero-order valence-electron chi connectivity index (χ0n) is 9.74. The Morgan fingerprint density at radius 3 is 2.35 bits per heavy atom. The van der Waals surface area contributed by atoms with Crippen molar-refractivity contribution in [2.24, 2.45) is 0 Å². The number of carbonyl (C=O) groups excluding carboxylic acids is 1. The van der Waals surface area contributed by atoms with Crippen molar-refractivity contribution in [2.45, 2.75) is 29.1 Å². The average Bonchev–Trinajstić information content (AvgIpc) is 3.07. The van der Waals surface area contributed by atoms with Crippen LogP contribution >= 0.6 is 31.9 Å². The molecule has 17 heavy (non-hydrogen) atoms. The molecule has 92 valence electrons. The van der Waals surface area contributed by atoms with Crippen LogP contribution in [0, 0.1) is 6.92 Å². The molecular formula is C13H14Br2O2. The normalized spacial score (nSPS) is 26.4. The molecule has 1 aromatic carbocycles. The fourth-order valence-corrected chi connectivity index (χ4v) is 2.93. The molecule has 3 atom stereocenters. The van der Waals surface area contributed by atoms with Gasteiger partial charge in [-0.05, 0) is 19.4 Å². The Bertz CT molecular complexity index is 424. The molecular weight excluding hydrogens is 348 g/mol. The first-order valence-corrected chi connectivity index (χ1v) is 7.30. The number of Topliss-reactive ketones (excluding diaryl/α,β-unsaturated/α-hetero) is 1. The average molecular weight is 362 g/mol. The minimum Gasteiger partial charge on any atom is -0.362 e. The molecule has 2 rings (SSSR count). The highest BCUT2D eigenvalue weighted by Crippen LogP contribution is 2.38. The smallest absolute Gasteiger partial charge is 0.181 e. The van der Waals surface area contributed by atoms with E-state index in [0.717, 1.165) is 5.56 Å². The molecule has 0 radical (unpaired) electrons. The summed E-state index contributed by atoms with van der Waals surface area (Å²) >= 11 is 7.04. The summed E-state index contributed by atoms with van der Waals surface area (Å²) in [6.45, 7) is 4.41. The van der Waals surface area contributed by atoms with Crippen LogP contribution in [0.2, 0.25) is 0 Å². The molecule has 0 bridgehead atoms. The van der Waals surface area contributed by atoms with Gasteiger partial charge in [-0.2, -0.15) is 0 Å². The summed E-state index contributed by atoms with van der Waals surface area (Å²) in [5.41, 5.74) is 1.73. The molecule has 0 unspecified atom stereocenters. The number of rotatable bonds is 4. The van der Waals surface area contributed by atoms with Crippen LogP contribution in [-0.4, -0.2) is 22.8 Å². The van der Waals surface area contributed by atoms with Gasteiger partial charge in [-0.1, -0.05) is 61.7 Å². The topological polar surface area (TPSA) is 29.6 Å². The van der Waals surface area contributed by atoms with E-state index in [1.165, 1.54) is 5.56 Å². The number of ketones is 1. The molecule has 0 N–H and O–H groups in total. The quantitative estimate of drug-likeness (QED) is 0.606. The second kappa shape index (κ2) is 4.82. The number of epoxide rings is 1. The maximum Gasteiger partial charge on any atom is 0.181 e. The number of hydrogen-bond donors (Lipinski definition) is 0. The van der Waals surface area contributed by atoms with Crippen molar-refractivity contribution in [1.29, 1.82) is 0 Å². The van der Waals surface area contributed by atoms with E-state index in [1.807, 2.05) is 38.1 Å². The van der Waals surface area contributed by atoms with E-state index >= 15 is 0 Å². The number of aryl methyl sites for hydroxylation is 1. The molecule has 1 aliphatic rings. The van der Waals surface area contributed by atoms with Gasteiger partial charge in [-0.25, -0.2) is 0 Å². The lowest BCUT2D eigenvalue weighted by molar-refractivity contribution is -0.122. The number of halogens is 2. The van der Waals surface area contributed by atoms with Gasteiger partial charge in [0.2, 0.25) is 0 Å². The van der Waals surface area contributed by atoms with Gasteiger partial charge < -0.3 is 4.74 Å². The maximum absolute atomic E-state index is 12.1. The molecule has 1 aromatic rings. The standard InChI is InChI=1S/C13H14Br2O2/c1-8-3-5-9(6-4-8)10(14)11(15)12(16)13(2)7-17-13/h3-6,10-11H,7H2,1-2H3/t10-,11-,13+/m1/s1. The zero-order chi connectivity index (χ0) is 12.6. The second-order valence-corrected chi connectivity index (χ2v) is 6.57. The van der Waals surface area contributed by atoms with Gasteiger partial charge in [0.25, 0.3) is 0 Å². The van der Waals surface area contributed by atoms with Gasteiger partial charge in [0.1, 0.15) is 5.60 Å². The van der Waals surface area contributed by atoms with Crippen LogP contribution in [0.15, 0.2) is 24.3 Å². The maximum atomic E-state index is 12.1. The molecule has 0 aliphatic carbocycles. The number of hydrogen-bond acceptors (Lipinski definition) is 2. The summed E-state index contributed by atoms with van der Waals surface area (Å²) in [6, 6.07) is 8.16. The first kappa shape index (κ1) is 13.2. The third-order valence-corrected chi connectivity index (χ3v) is 5.71. The summed E-state index contributed by atoms with van der Waals surface area (Å²) in [7, 11) is 0. The van der Waals surface area contributed by atoms with Crippen molar-refractivity contribution in [3.8, 4) is 0 Å². The largest absolute Gasteiger partial charge is 0.362 e. The summed E-state index contributed by atoms with van der Waals surface area (Å²) in [5, 5.41) is 0. The molecule has 1 heterocycles. The van der Waals surface area contributed by atoms with Crippen LogP contribution in [-0.2, 0) is 9.53 Å². The Morgan fingerprint density at radius 2 is 1.88 bits per heavy atom. The van der Waals surface area contributed by atoms with Crippen LogP contribution in [0.25, 0.3) is 0 Å². The molecule has 1 aliphatic heterocycles. The first-order chi connectivity index (χ1) is 7.94. The second-order valence-electron chi connectivity index (χ2n) is 4.60. The SMILES string of the molecule is Cc1ccc([C@@H](Br)[C@@H](Br)C(=O)[C@]2(C)CO2)cc1. The predicted octanol–water partition coefficient (Wildman–Crippen LogP) is 3.55. The number of alkyl halides is 2. The third kappa shape index (κ3) is 2.80. The van der Waals surface area contributed by atoms with E-state index in [2.05, 4.69) is 31.9 Å². The Hall–Kier alpha value is -0.190. The highest BCUT2D eigenvalue weighted by Gasteiger charge is 2.50. The van der Waals surface area contributed by atoms with E-state index in [1.54, 1.807) is 0 Å². The van der Waals surface area contributed by atoms with Gasteiger partial charge in [-0.15, -0.1) is 0 Å². The molecule has 0 aromatic heterocycles. The summed E-state index contributed by atoms with van der Waals surface area (Å²) in [6.07, 6.45) is 0. The lowest BCUT2D eigenvalue weighted by atomic mass is 9.99. The van der Waals surface area contributed by atoms with E-state index in [9.17, 15) is 4.79 Å². The minimum absolute atomic E-state index is 0.0309. The minimum atomic E-state index is -0.578. The molecule has 1 fully saturated rings. The highest BCUT2D eigenvalue weighted by atomic mass is 79.9. The van der Waals surface area contributed by atoms with Gasteiger partial charge in [-0.3, -0.25) is 4.79 Å². The summed E-state index contributed by atoms with van der Waals surface area (Å²) in [5.74, 6) is 0.0972. The Morgan fingerprint density at radius 1 is 1.35 bits per heavy atom. The first-order valence-electron chi connectivity index (χ1n) is 5.47. The van der Waals surface area contributed by atoms with Gasteiger partial charge >= 0.3 is 0 Å². The monoisotopic (exact) mass is 360 g/mol. The van der Waals surface area contributed by atoms with E-state index in [4.69, 9.17) is 4.74 Å². The lowest BCUT2D eigenvalue weighted by Crippen LogP contribution is -2.31. The Balaban J connectivity index is 2.11. The predicted molar refractivity (Wildman–Crippen MR) is 74.9 cm³/mol. The number of ether oxygens (including phenoxy) is 1. The van der Waals surface area contributed by atoms with E-state index in [-0.39, 0.29) is 15.4 Å². The van der Waals surface area contributed by atoms with E-state index < -0.39 is 5.60 Å². The fourth-order valence-electron chi connectivity index (χ4n) is 1.59. The highest BCUT2D eigenvalue weighted by molar-refractivity contribution is 9.12. The molecule has 0 spiro atoms. The van der Waals surface area contributed by atoms with Crippen molar-refractivity contribution in [3.05, 3.63) is 35.4 Å². The zero-order valence-corrected chi connectivity index (χ0v) is 12.9. The van der Waals surface area contributed by atoms with Gasteiger partial charge in [0, 0.05) is 0 Å². The van der Waals surface area contributed by atoms with Gasteiger partial charge in [0.15, 0.2) is 5.78 Å². The molecule has 0 saturated carbocycles. The van der Waals surface area contributed by atoms with Crippen molar-refractivity contribution in [2.75, 3.05) is 6.61 Å². The lowest BCUT2D eigenvalue weighted by Gasteiger charge is -2.18. The van der Waals surface area contributed by atoms with E-state index in [0.29, 0.717) is 6.61 Å². The van der Waals surface area contributed by atoms with Crippen LogP contribution in [0.4, 0.5) is 0 Å². The van der Waals surface area contributed by atoms with Gasteiger partial charge in [0.05, 0.1) is 16.3 Å². The molecule has 0 amide bonds. The van der Waals surface area contributed by atoms with Crippen molar-refractivity contribution >= 4 is 37.6 Å². The fraction of sp³-hybridized carbons (Fsp3) is 0.462.